The van der Waals surface area contributed by atoms with E-state index in [1.165, 1.54) is 0 Å². The first kappa shape index (κ1) is 20.1. The van der Waals surface area contributed by atoms with Gasteiger partial charge in [-0.2, -0.15) is 0 Å². The minimum Gasteiger partial charge on any atom is -0.322 e. The second-order valence-electron chi connectivity index (χ2n) is 6.62. The van der Waals surface area contributed by atoms with Crippen molar-refractivity contribution < 1.29 is 4.79 Å². The first-order valence-corrected chi connectivity index (χ1v) is 9.59. The van der Waals surface area contributed by atoms with Crippen LogP contribution in [0.15, 0.2) is 65.7 Å². The van der Waals surface area contributed by atoms with Crippen LogP contribution >= 0.6 is 23.2 Å². The van der Waals surface area contributed by atoms with Crippen LogP contribution in [0, 0.1) is 13.8 Å². The van der Waals surface area contributed by atoms with Gasteiger partial charge in [0, 0.05) is 22.5 Å². The summed E-state index contributed by atoms with van der Waals surface area (Å²) in [6.45, 7) is 5.78. The number of aryl methyl sites for hydroxylation is 2. The molecule has 142 valence electrons. The van der Waals surface area contributed by atoms with Crippen LogP contribution in [0.3, 0.4) is 0 Å². The van der Waals surface area contributed by atoms with Crippen LogP contribution in [-0.2, 0) is 0 Å². The lowest BCUT2D eigenvalue weighted by Gasteiger charge is -2.10. The van der Waals surface area contributed by atoms with Crippen LogP contribution in [0.1, 0.15) is 34.0 Å². The zero-order chi connectivity index (χ0) is 20.3. The van der Waals surface area contributed by atoms with E-state index in [1.807, 2.05) is 57.2 Å². The Labute approximate surface area is 175 Å². The largest absolute Gasteiger partial charge is 0.322 e. The van der Waals surface area contributed by atoms with E-state index < -0.39 is 0 Å². The fourth-order valence-electron chi connectivity index (χ4n) is 2.93. The summed E-state index contributed by atoms with van der Waals surface area (Å²) in [7, 11) is 0. The van der Waals surface area contributed by atoms with Gasteiger partial charge < -0.3 is 5.32 Å². The van der Waals surface area contributed by atoms with Gasteiger partial charge in [-0.15, -0.1) is 0 Å². The van der Waals surface area contributed by atoms with Crippen LogP contribution in [0.2, 0.25) is 10.0 Å². The highest BCUT2D eigenvalue weighted by molar-refractivity contribution is 6.40. The zero-order valence-corrected chi connectivity index (χ0v) is 17.4. The maximum atomic E-state index is 12.4. The number of aliphatic imine (C=N–C) groups is 1. The number of carbonyl (C=O) groups excluding carboxylic acids is 1. The molecule has 28 heavy (non-hydrogen) atoms. The molecule has 0 aliphatic heterocycles. The highest BCUT2D eigenvalue weighted by atomic mass is 35.5. The molecule has 3 rings (SSSR count). The number of anilines is 1. The summed E-state index contributed by atoms with van der Waals surface area (Å²) in [5.41, 5.74) is 5.58. The number of nitrogens with zero attached hydrogens (tertiary/aromatic N) is 1. The van der Waals surface area contributed by atoms with E-state index in [-0.39, 0.29) is 5.91 Å². The van der Waals surface area contributed by atoms with Gasteiger partial charge in [0.15, 0.2) is 0 Å². The Kier molecular flexibility index (Phi) is 6.18. The van der Waals surface area contributed by atoms with Crippen LogP contribution in [0.25, 0.3) is 0 Å². The second-order valence-corrected chi connectivity index (χ2v) is 7.43. The minimum absolute atomic E-state index is 0.140. The smallest absolute Gasteiger partial charge is 0.255 e. The standard InChI is InChI=1S/C23H20Cl2N2O/c1-14-6-4-7-17(12-14)23(28)27-18-10-11-21(15(2)13-18)26-16(3)22-19(24)8-5-9-20(22)25/h4-13H,1-3H3,(H,27,28). The molecular formula is C23H20Cl2N2O. The monoisotopic (exact) mass is 410 g/mol. The highest BCUT2D eigenvalue weighted by Crippen LogP contribution is 2.28. The number of carbonyl (C=O) groups is 1. The average molecular weight is 411 g/mol. The fraction of sp³-hybridized carbons (Fsp3) is 0.130. The van der Waals surface area contributed by atoms with Gasteiger partial charge in [-0.3, -0.25) is 9.79 Å². The maximum absolute atomic E-state index is 12.4. The third-order valence-electron chi connectivity index (χ3n) is 4.35. The van der Waals surface area contributed by atoms with Gasteiger partial charge in [0.1, 0.15) is 0 Å². The van der Waals surface area contributed by atoms with Gasteiger partial charge in [0.05, 0.1) is 15.7 Å². The molecule has 0 aliphatic rings. The first-order chi connectivity index (χ1) is 13.3. The summed E-state index contributed by atoms with van der Waals surface area (Å²) >= 11 is 12.5. The second kappa shape index (κ2) is 8.59. The molecule has 3 aromatic carbocycles. The van der Waals surface area contributed by atoms with Crippen LogP contribution in [-0.4, -0.2) is 11.6 Å². The molecule has 0 aliphatic carbocycles. The molecule has 0 saturated carbocycles. The third-order valence-corrected chi connectivity index (χ3v) is 4.98. The van der Waals surface area contributed by atoms with Crippen molar-refractivity contribution in [1.82, 2.24) is 0 Å². The van der Waals surface area contributed by atoms with E-state index >= 15 is 0 Å². The summed E-state index contributed by atoms with van der Waals surface area (Å²) in [6.07, 6.45) is 0. The number of halogens is 2. The fourth-order valence-corrected chi connectivity index (χ4v) is 3.60. The Bertz CT molecular complexity index is 1050. The molecule has 1 amide bonds. The number of amides is 1. The molecular weight excluding hydrogens is 391 g/mol. The molecule has 0 bridgehead atoms. The summed E-state index contributed by atoms with van der Waals surface area (Å²) in [5.74, 6) is -0.140. The number of rotatable bonds is 4. The van der Waals surface area contributed by atoms with Crippen LogP contribution in [0.5, 0.6) is 0 Å². The lowest BCUT2D eigenvalue weighted by atomic mass is 10.1. The number of hydrogen-bond donors (Lipinski definition) is 1. The molecule has 0 atom stereocenters. The van der Waals surface area contributed by atoms with E-state index in [1.54, 1.807) is 24.3 Å². The van der Waals surface area contributed by atoms with Crippen molar-refractivity contribution in [3.8, 4) is 0 Å². The van der Waals surface area contributed by atoms with Gasteiger partial charge in [0.25, 0.3) is 5.91 Å². The van der Waals surface area contributed by atoms with E-state index in [0.717, 1.165) is 33.8 Å². The Morgan fingerprint density at radius 3 is 2.25 bits per heavy atom. The summed E-state index contributed by atoms with van der Waals surface area (Å²) in [4.78, 5) is 17.1. The number of benzene rings is 3. The molecule has 0 fully saturated rings. The molecule has 3 nitrogen and oxygen atoms in total. The van der Waals surface area contributed by atoms with Crippen molar-refractivity contribution in [1.29, 1.82) is 0 Å². The Morgan fingerprint density at radius 1 is 0.929 bits per heavy atom. The van der Waals surface area contributed by atoms with Crippen LogP contribution < -0.4 is 5.32 Å². The lowest BCUT2D eigenvalue weighted by molar-refractivity contribution is 0.102. The van der Waals surface area contributed by atoms with Gasteiger partial charge >= 0.3 is 0 Å². The van der Waals surface area contributed by atoms with E-state index in [4.69, 9.17) is 23.2 Å². The van der Waals surface area contributed by atoms with Crippen molar-refractivity contribution in [2.75, 3.05) is 5.32 Å². The molecule has 0 heterocycles. The predicted octanol–water partition coefficient (Wildman–Crippen LogP) is 7.00. The third kappa shape index (κ3) is 4.61. The molecule has 0 unspecified atom stereocenters. The number of hydrogen-bond acceptors (Lipinski definition) is 2. The van der Waals surface area contributed by atoms with Crippen molar-refractivity contribution in [2.45, 2.75) is 20.8 Å². The Hall–Kier alpha value is -2.62. The van der Waals surface area contributed by atoms with Gasteiger partial charge in [-0.25, -0.2) is 0 Å². The lowest BCUT2D eigenvalue weighted by Crippen LogP contribution is -2.12. The normalized spacial score (nSPS) is 11.4. The molecule has 3 aromatic rings. The predicted molar refractivity (Wildman–Crippen MR) is 119 cm³/mol. The first-order valence-electron chi connectivity index (χ1n) is 8.83. The summed E-state index contributed by atoms with van der Waals surface area (Å²) in [6, 6.07) is 18.5. The summed E-state index contributed by atoms with van der Waals surface area (Å²) in [5, 5.41) is 4.05. The minimum atomic E-state index is -0.140. The average Bonchev–Trinajstić information content (AvgIpc) is 2.64. The van der Waals surface area contributed by atoms with Crippen molar-refractivity contribution in [3.63, 3.8) is 0 Å². The molecule has 0 radical (unpaired) electrons. The molecule has 0 saturated heterocycles. The maximum Gasteiger partial charge on any atom is 0.255 e. The molecule has 0 aromatic heterocycles. The molecule has 1 N–H and O–H groups in total. The van der Waals surface area contributed by atoms with E-state index in [0.29, 0.717) is 15.6 Å². The van der Waals surface area contributed by atoms with E-state index in [9.17, 15) is 4.79 Å². The highest BCUT2D eigenvalue weighted by Gasteiger charge is 2.10. The Balaban J connectivity index is 1.83. The van der Waals surface area contributed by atoms with Gasteiger partial charge in [0.2, 0.25) is 0 Å². The van der Waals surface area contributed by atoms with Gasteiger partial charge in [-0.1, -0.05) is 47.0 Å². The quantitative estimate of drug-likeness (QED) is 0.461. The number of nitrogens with one attached hydrogen (secondary N) is 1. The topological polar surface area (TPSA) is 41.5 Å². The van der Waals surface area contributed by atoms with E-state index in [2.05, 4.69) is 10.3 Å². The summed E-state index contributed by atoms with van der Waals surface area (Å²) < 4.78 is 0. The van der Waals surface area contributed by atoms with Gasteiger partial charge in [-0.05, 0) is 68.8 Å². The van der Waals surface area contributed by atoms with Crippen molar-refractivity contribution >= 4 is 46.2 Å². The van der Waals surface area contributed by atoms with Crippen molar-refractivity contribution in [2.24, 2.45) is 4.99 Å². The Morgan fingerprint density at radius 2 is 1.61 bits per heavy atom. The molecule has 5 heteroatoms. The van der Waals surface area contributed by atoms with Crippen LogP contribution in [0.4, 0.5) is 11.4 Å². The molecule has 0 spiro atoms. The SMILES string of the molecule is CC(=Nc1ccc(NC(=O)c2cccc(C)c2)cc1C)c1c(Cl)cccc1Cl. The van der Waals surface area contributed by atoms with Crippen molar-refractivity contribution in [3.05, 3.63) is 93.0 Å². The zero-order valence-electron chi connectivity index (χ0n) is 15.9.